The molecule has 1 fully saturated rings. The first-order valence-electron chi connectivity index (χ1n) is 7.60. The second-order valence-electron chi connectivity index (χ2n) is 5.72. The Morgan fingerprint density at radius 2 is 2.12 bits per heavy atom. The van der Waals surface area contributed by atoms with Gasteiger partial charge in [-0.3, -0.25) is 19.3 Å². The predicted octanol–water partition coefficient (Wildman–Crippen LogP) is 0.294. The molecule has 1 saturated heterocycles. The number of rotatable bonds is 9. The van der Waals surface area contributed by atoms with Gasteiger partial charge in [-0.1, -0.05) is 25.6 Å². The zero-order valence-corrected chi connectivity index (χ0v) is 14.8. The lowest BCUT2D eigenvalue weighted by atomic mass is 10.0. The lowest BCUT2D eigenvalue weighted by molar-refractivity contribution is -0.141. The van der Waals surface area contributed by atoms with Gasteiger partial charge in [0.25, 0.3) is 11.1 Å². The van der Waals surface area contributed by atoms with E-state index in [1.54, 1.807) is 6.07 Å². The van der Waals surface area contributed by atoms with Crippen molar-refractivity contribution >= 4 is 34.8 Å². The molecule has 0 aliphatic carbocycles. The van der Waals surface area contributed by atoms with Gasteiger partial charge in [0.1, 0.15) is 17.7 Å². The molecular formula is C15H20N4O5S. The highest BCUT2D eigenvalue weighted by Gasteiger charge is 2.29. The van der Waals surface area contributed by atoms with Crippen molar-refractivity contribution in [1.82, 2.24) is 15.5 Å². The first-order chi connectivity index (χ1) is 11.8. The van der Waals surface area contributed by atoms with Crippen LogP contribution in [-0.4, -0.2) is 57.9 Å². The summed E-state index contributed by atoms with van der Waals surface area (Å²) in [5, 5.41) is 22.8. The number of thioether (sulfide) groups is 1. The van der Waals surface area contributed by atoms with Crippen LogP contribution in [0.4, 0.5) is 4.79 Å². The third kappa shape index (κ3) is 6.46. The smallest absolute Gasteiger partial charge is 0.326 e. The molecule has 3 N–H and O–H groups in total. The van der Waals surface area contributed by atoms with Crippen LogP contribution in [-0.2, 0) is 14.4 Å². The Hall–Kier alpha value is -2.54. The fourth-order valence-corrected chi connectivity index (χ4v) is 2.78. The first-order valence-corrected chi connectivity index (χ1v) is 8.59. The maximum atomic E-state index is 12.0. The minimum Gasteiger partial charge on any atom is -0.480 e. The molecular weight excluding hydrogens is 348 g/mol. The highest BCUT2D eigenvalue weighted by Crippen LogP contribution is 2.17. The van der Waals surface area contributed by atoms with E-state index in [2.05, 4.69) is 10.6 Å². The molecule has 136 valence electrons. The van der Waals surface area contributed by atoms with Crippen LogP contribution in [0.2, 0.25) is 0 Å². The van der Waals surface area contributed by atoms with Gasteiger partial charge in [0.2, 0.25) is 5.91 Å². The van der Waals surface area contributed by atoms with Crippen LogP contribution in [0.1, 0.15) is 20.3 Å². The normalized spacial score (nSPS) is 15.9. The standard InChI is InChI=1S/C15H20N4O5S/c1-9(2)5-11(14(22)23)18-13(21)10(6-16)7-17-3-4-19-12(20)8-25-15(19)24/h7,9,11,17H,3-5,8H2,1-2H3,(H,18,21)(H,22,23)/b10-7-. The van der Waals surface area contributed by atoms with Crippen molar-refractivity contribution in [3.8, 4) is 6.07 Å². The molecule has 0 bridgehead atoms. The lowest BCUT2D eigenvalue weighted by Crippen LogP contribution is -2.42. The summed E-state index contributed by atoms with van der Waals surface area (Å²) in [5.41, 5.74) is -0.288. The van der Waals surface area contributed by atoms with Crippen LogP contribution in [0.5, 0.6) is 0 Å². The number of carbonyl (C=O) groups is 4. The fraction of sp³-hybridized carbons (Fsp3) is 0.533. The van der Waals surface area contributed by atoms with E-state index in [0.717, 1.165) is 22.9 Å². The van der Waals surface area contributed by atoms with Gasteiger partial charge in [0, 0.05) is 19.3 Å². The Morgan fingerprint density at radius 3 is 2.60 bits per heavy atom. The summed E-state index contributed by atoms with van der Waals surface area (Å²) in [4.78, 5) is 47.1. The number of carboxylic acid groups (broad SMARTS) is 1. The molecule has 25 heavy (non-hydrogen) atoms. The summed E-state index contributed by atoms with van der Waals surface area (Å²) in [7, 11) is 0. The number of nitriles is 1. The highest BCUT2D eigenvalue weighted by atomic mass is 32.2. The summed E-state index contributed by atoms with van der Waals surface area (Å²) in [6.45, 7) is 3.94. The molecule has 9 nitrogen and oxygen atoms in total. The number of imide groups is 1. The molecule has 0 radical (unpaired) electrons. The Bertz CT molecular complexity index is 610. The quantitative estimate of drug-likeness (QED) is 0.300. The van der Waals surface area contributed by atoms with E-state index in [1.807, 2.05) is 13.8 Å². The molecule has 1 aliphatic rings. The van der Waals surface area contributed by atoms with E-state index in [4.69, 9.17) is 10.4 Å². The van der Waals surface area contributed by atoms with E-state index >= 15 is 0 Å². The van der Waals surface area contributed by atoms with E-state index in [1.165, 1.54) is 0 Å². The molecule has 1 heterocycles. The summed E-state index contributed by atoms with van der Waals surface area (Å²) in [6.07, 6.45) is 1.38. The van der Waals surface area contributed by atoms with Gasteiger partial charge in [0.15, 0.2) is 0 Å². The van der Waals surface area contributed by atoms with Crippen LogP contribution < -0.4 is 10.6 Å². The predicted molar refractivity (Wildman–Crippen MR) is 90.3 cm³/mol. The van der Waals surface area contributed by atoms with E-state index < -0.39 is 17.9 Å². The largest absolute Gasteiger partial charge is 0.480 e. The summed E-state index contributed by atoms with van der Waals surface area (Å²) >= 11 is 0.924. The van der Waals surface area contributed by atoms with E-state index in [-0.39, 0.29) is 47.9 Å². The topological polar surface area (TPSA) is 140 Å². The van der Waals surface area contributed by atoms with Crippen LogP contribution in [0.15, 0.2) is 11.8 Å². The van der Waals surface area contributed by atoms with Crippen LogP contribution in [0, 0.1) is 17.2 Å². The molecule has 1 aliphatic heterocycles. The SMILES string of the molecule is CC(C)CC(NC(=O)/C(C#N)=C\NCCN1C(=O)CSC1=O)C(=O)O. The summed E-state index contributed by atoms with van der Waals surface area (Å²) in [5.74, 6) is -2.07. The Morgan fingerprint density at radius 1 is 1.44 bits per heavy atom. The minimum atomic E-state index is -1.17. The number of nitrogens with one attached hydrogen (secondary N) is 2. The number of carboxylic acids is 1. The number of amides is 3. The van der Waals surface area contributed by atoms with Crippen molar-refractivity contribution in [3.63, 3.8) is 0 Å². The molecule has 0 saturated carbocycles. The van der Waals surface area contributed by atoms with Gasteiger partial charge in [-0.15, -0.1) is 0 Å². The van der Waals surface area contributed by atoms with Gasteiger partial charge in [-0.25, -0.2) is 4.79 Å². The molecule has 1 atom stereocenters. The first kappa shape index (κ1) is 20.5. The van der Waals surface area contributed by atoms with Crippen molar-refractivity contribution in [3.05, 3.63) is 11.8 Å². The fourth-order valence-electron chi connectivity index (χ4n) is 2.03. The maximum Gasteiger partial charge on any atom is 0.326 e. The Labute approximate surface area is 149 Å². The van der Waals surface area contributed by atoms with Crippen LogP contribution in [0.25, 0.3) is 0 Å². The molecule has 1 rings (SSSR count). The van der Waals surface area contributed by atoms with E-state index in [9.17, 15) is 19.2 Å². The second-order valence-corrected chi connectivity index (χ2v) is 6.64. The zero-order valence-electron chi connectivity index (χ0n) is 13.9. The van der Waals surface area contributed by atoms with Crippen molar-refractivity contribution in [2.45, 2.75) is 26.3 Å². The summed E-state index contributed by atoms with van der Waals surface area (Å²) < 4.78 is 0. The third-order valence-corrected chi connectivity index (χ3v) is 4.10. The zero-order chi connectivity index (χ0) is 19.0. The van der Waals surface area contributed by atoms with Gasteiger partial charge in [-0.2, -0.15) is 5.26 Å². The van der Waals surface area contributed by atoms with Gasteiger partial charge in [0.05, 0.1) is 5.75 Å². The monoisotopic (exact) mass is 368 g/mol. The summed E-state index contributed by atoms with van der Waals surface area (Å²) in [6, 6.07) is 0.605. The van der Waals surface area contributed by atoms with Crippen LogP contribution >= 0.6 is 11.8 Å². The van der Waals surface area contributed by atoms with Crippen molar-refractivity contribution in [2.75, 3.05) is 18.8 Å². The van der Waals surface area contributed by atoms with Gasteiger partial charge in [-0.05, 0) is 12.3 Å². The van der Waals surface area contributed by atoms with Crippen LogP contribution in [0.3, 0.4) is 0 Å². The van der Waals surface area contributed by atoms with Crippen molar-refractivity contribution in [1.29, 1.82) is 5.26 Å². The van der Waals surface area contributed by atoms with Crippen molar-refractivity contribution < 1.29 is 24.3 Å². The number of nitrogens with zero attached hydrogens (tertiary/aromatic N) is 2. The number of hydrogen-bond acceptors (Lipinski definition) is 7. The second kappa shape index (κ2) is 9.68. The van der Waals surface area contributed by atoms with Crippen molar-refractivity contribution in [2.24, 2.45) is 5.92 Å². The van der Waals surface area contributed by atoms with Gasteiger partial charge < -0.3 is 15.7 Å². The number of hydrogen-bond donors (Lipinski definition) is 3. The number of aliphatic carboxylic acids is 1. The lowest BCUT2D eigenvalue weighted by Gasteiger charge is -2.16. The number of carbonyl (C=O) groups excluding carboxylic acids is 3. The molecule has 0 aromatic heterocycles. The molecule has 0 aromatic carbocycles. The molecule has 10 heteroatoms. The average Bonchev–Trinajstić information content (AvgIpc) is 2.85. The highest BCUT2D eigenvalue weighted by molar-refractivity contribution is 8.14. The molecule has 0 spiro atoms. The Kier molecular flexibility index (Phi) is 7.94. The van der Waals surface area contributed by atoms with E-state index in [0.29, 0.717) is 0 Å². The molecule has 1 unspecified atom stereocenters. The average molecular weight is 368 g/mol. The molecule has 3 amide bonds. The maximum absolute atomic E-state index is 12.0. The minimum absolute atomic E-state index is 0.0578. The third-order valence-electron chi connectivity index (χ3n) is 3.24. The molecule has 0 aromatic rings. The van der Waals surface area contributed by atoms with Gasteiger partial charge >= 0.3 is 5.97 Å². The Balaban J connectivity index is 2.55.